The van der Waals surface area contributed by atoms with Gasteiger partial charge in [-0.05, 0) is 33.1 Å². The van der Waals surface area contributed by atoms with Gasteiger partial charge in [-0.3, -0.25) is 9.59 Å². The molecule has 0 aliphatic carbocycles. The summed E-state index contributed by atoms with van der Waals surface area (Å²) < 4.78 is 0. The first-order chi connectivity index (χ1) is 9.94. The van der Waals surface area contributed by atoms with E-state index in [4.69, 9.17) is 0 Å². The Hall–Kier alpha value is -1.10. The minimum Gasteiger partial charge on any atom is -0.343 e. The molecule has 5 nitrogen and oxygen atoms in total. The summed E-state index contributed by atoms with van der Waals surface area (Å²) in [5.74, 6) is 0.748. The number of amides is 2. The summed E-state index contributed by atoms with van der Waals surface area (Å²) in [7, 11) is 0. The van der Waals surface area contributed by atoms with E-state index < -0.39 is 0 Å². The van der Waals surface area contributed by atoms with E-state index in [-0.39, 0.29) is 17.9 Å². The fraction of sp³-hybridized carbons (Fsp3) is 0.875. The minimum atomic E-state index is -0.159. The maximum atomic E-state index is 12.3. The third-order valence-electron chi connectivity index (χ3n) is 4.61. The number of carbonyl (C=O) groups excluding carboxylic acids is 2. The van der Waals surface area contributed by atoms with Gasteiger partial charge in [0.2, 0.25) is 11.8 Å². The van der Waals surface area contributed by atoms with E-state index in [1.807, 2.05) is 30.6 Å². The van der Waals surface area contributed by atoms with E-state index >= 15 is 0 Å². The lowest BCUT2D eigenvalue weighted by Crippen LogP contribution is -2.55. The number of carbonyl (C=O) groups is 2. The molecule has 1 aliphatic rings. The van der Waals surface area contributed by atoms with Gasteiger partial charge in [0.1, 0.15) is 0 Å². The summed E-state index contributed by atoms with van der Waals surface area (Å²) in [4.78, 5) is 27.6. The molecule has 1 N–H and O–H groups in total. The highest BCUT2D eigenvalue weighted by molar-refractivity contribution is 5.81. The molecule has 0 radical (unpaired) electrons. The van der Waals surface area contributed by atoms with Crippen LogP contribution in [-0.2, 0) is 9.59 Å². The smallest absolute Gasteiger partial charge is 0.239 e. The van der Waals surface area contributed by atoms with Gasteiger partial charge in [0.15, 0.2) is 0 Å². The van der Waals surface area contributed by atoms with Gasteiger partial charge in [0, 0.05) is 39.1 Å². The Morgan fingerprint density at radius 3 is 2.38 bits per heavy atom. The highest BCUT2D eigenvalue weighted by atomic mass is 16.2. The number of likely N-dealkylation sites (N-methyl/N-ethyl adjacent to an activating group) is 1. The van der Waals surface area contributed by atoms with Crippen LogP contribution < -0.4 is 5.32 Å². The zero-order valence-electron chi connectivity index (χ0n) is 14.2. The van der Waals surface area contributed by atoms with Crippen molar-refractivity contribution in [3.8, 4) is 0 Å². The molecule has 21 heavy (non-hydrogen) atoms. The Bertz CT molecular complexity index is 355. The summed E-state index contributed by atoms with van der Waals surface area (Å²) in [6.07, 6.45) is 1.95. The first-order valence-electron chi connectivity index (χ1n) is 8.24. The average Bonchev–Trinajstić information content (AvgIpc) is 2.48. The average molecular weight is 297 g/mol. The van der Waals surface area contributed by atoms with Crippen molar-refractivity contribution >= 4 is 11.8 Å². The highest BCUT2D eigenvalue weighted by Gasteiger charge is 2.31. The monoisotopic (exact) mass is 297 g/mol. The number of likely N-dealkylation sites (tertiary alicyclic amines) is 1. The maximum Gasteiger partial charge on any atom is 0.239 e. The zero-order valence-corrected chi connectivity index (χ0v) is 14.2. The Morgan fingerprint density at radius 2 is 1.90 bits per heavy atom. The van der Waals surface area contributed by atoms with Crippen LogP contribution in [0.5, 0.6) is 0 Å². The molecule has 1 aliphatic heterocycles. The molecular weight excluding hydrogens is 266 g/mol. The zero-order chi connectivity index (χ0) is 16.0. The van der Waals surface area contributed by atoms with E-state index in [0.717, 1.165) is 39.0 Å². The SMILES string of the molecule is CCC1CN(C(C)=O)CCC1NC(C)C(=O)N(CC)CC. The van der Waals surface area contributed by atoms with Gasteiger partial charge < -0.3 is 15.1 Å². The van der Waals surface area contributed by atoms with Crippen LogP contribution in [0.4, 0.5) is 0 Å². The summed E-state index contributed by atoms with van der Waals surface area (Å²) in [5, 5.41) is 3.50. The van der Waals surface area contributed by atoms with E-state index in [2.05, 4.69) is 12.2 Å². The van der Waals surface area contributed by atoms with E-state index in [1.165, 1.54) is 0 Å². The van der Waals surface area contributed by atoms with Crippen LogP contribution in [0.3, 0.4) is 0 Å². The molecule has 1 fully saturated rings. The van der Waals surface area contributed by atoms with Crippen LogP contribution in [0.1, 0.15) is 47.5 Å². The fourth-order valence-electron chi connectivity index (χ4n) is 3.15. The number of piperidine rings is 1. The van der Waals surface area contributed by atoms with Gasteiger partial charge in [-0.1, -0.05) is 13.3 Å². The molecule has 0 bridgehead atoms. The molecule has 3 atom stereocenters. The van der Waals surface area contributed by atoms with E-state index in [1.54, 1.807) is 6.92 Å². The number of nitrogens with zero attached hydrogens (tertiary/aromatic N) is 2. The number of hydrogen-bond acceptors (Lipinski definition) is 3. The summed E-state index contributed by atoms with van der Waals surface area (Å²) in [6.45, 7) is 12.8. The molecule has 1 saturated heterocycles. The molecule has 122 valence electrons. The lowest BCUT2D eigenvalue weighted by Gasteiger charge is -2.39. The standard InChI is InChI=1S/C16H31N3O2/c1-6-14-11-19(13(5)20)10-9-15(14)17-12(4)16(21)18(7-2)8-3/h12,14-15,17H,6-11H2,1-5H3. The van der Waals surface area contributed by atoms with Crippen molar-refractivity contribution in [1.29, 1.82) is 0 Å². The molecule has 0 aromatic rings. The molecule has 0 aromatic carbocycles. The van der Waals surface area contributed by atoms with Crippen LogP contribution in [0.2, 0.25) is 0 Å². The third kappa shape index (κ3) is 4.70. The first-order valence-corrected chi connectivity index (χ1v) is 8.24. The van der Waals surface area contributed by atoms with Crippen LogP contribution >= 0.6 is 0 Å². The fourth-order valence-corrected chi connectivity index (χ4v) is 3.15. The van der Waals surface area contributed by atoms with Crippen molar-refractivity contribution in [3.63, 3.8) is 0 Å². The second-order valence-electron chi connectivity index (χ2n) is 5.93. The summed E-state index contributed by atoms with van der Waals surface area (Å²) in [5.41, 5.74) is 0. The molecule has 2 amide bonds. The van der Waals surface area contributed by atoms with Gasteiger partial charge >= 0.3 is 0 Å². The van der Waals surface area contributed by atoms with Gasteiger partial charge in [-0.15, -0.1) is 0 Å². The van der Waals surface area contributed by atoms with Crippen LogP contribution in [0.25, 0.3) is 0 Å². The predicted molar refractivity (Wildman–Crippen MR) is 85.0 cm³/mol. The van der Waals surface area contributed by atoms with Crippen molar-refractivity contribution < 1.29 is 9.59 Å². The topological polar surface area (TPSA) is 52.7 Å². The number of nitrogens with one attached hydrogen (secondary N) is 1. The Labute approximate surface area is 129 Å². The number of hydrogen-bond donors (Lipinski definition) is 1. The van der Waals surface area contributed by atoms with Crippen LogP contribution in [0, 0.1) is 5.92 Å². The molecule has 0 aromatic heterocycles. The quantitative estimate of drug-likeness (QED) is 0.808. The van der Waals surface area contributed by atoms with E-state index in [9.17, 15) is 9.59 Å². The van der Waals surface area contributed by atoms with E-state index in [0.29, 0.717) is 12.0 Å². The first kappa shape index (κ1) is 18.0. The molecule has 1 heterocycles. The van der Waals surface area contributed by atoms with Crippen molar-refractivity contribution in [2.75, 3.05) is 26.2 Å². The predicted octanol–water partition coefficient (Wildman–Crippen LogP) is 1.48. The Balaban J connectivity index is 2.61. The van der Waals surface area contributed by atoms with Crippen molar-refractivity contribution in [1.82, 2.24) is 15.1 Å². The Morgan fingerprint density at radius 1 is 1.29 bits per heavy atom. The number of rotatable bonds is 6. The Kier molecular flexibility index (Phi) is 7.15. The van der Waals surface area contributed by atoms with Gasteiger partial charge in [-0.25, -0.2) is 0 Å². The molecule has 3 unspecified atom stereocenters. The second-order valence-corrected chi connectivity index (χ2v) is 5.93. The van der Waals surface area contributed by atoms with Crippen LogP contribution in [0.15, 0.2) is 0 Å². The minimum absolute atomic E-state index is 0.152. The molecule has 0 saturated carbocycles. The molecule has 1 rings (SSSR count). The molecule has 0 spiro atoms. The lowest BCUT2D eigenvalue weighted by molar-refractivity contribution is -0.134. The third-order valence-corrected chi connectivity index (χ3v) is 4.61. The van der Waals surface area contributed by atoms with Crippen molar-refractivity contribution in [3.05, 3.63) is 0 Å². The van der Waals surface area contributed by atoms with Gasteiger partial charge in [0.05, 0.1) is 6.04 Å². The van der Waals surface area contributed by atoms with Crippen molar-refractivity contribution in [2.45, 2.75) is 59.5 Å². The largest absolute Gasteiger partial charge is 0.343 e. The van der Waals surface area contributed by atoms with Gasteiger partial charge in [-0.2, -0.15) is 0 Å². The van der Waals surface area contributed by atoms with Gasteiger partial charge in [0.25, 0.3) is 0 Å². The maximum absolute atomic E-state index is 12.3. The molecule has 5 heteroatoms. The lowest BCUT2D eigenvalue weighted by atomic mass is 9.89. The summed E-state index contributed by atoms with van der Waals surface area (Å²) >= 11 is 0. The highest BCUT2D eigenvalue weighted by Crippen LogP contribution is 2.21. The second kappa shape index (κ2) is 8.37. The molecular formula is C16H31N3O2. The summed E-state index contributed by atoms with van der Waals surface area (Å²) in [6, 6.07) is 0.160. The van der Waals surface area contributed by atoms with Crippen LogP contribution in [-0.4, -0.2) is 59.9 Å². The normalized spacial score (nSPS) is 23.8. The van der Waals surface area contributed by atoms with Crippen molar-refractivity contribution in [2.24, 2.45) is 5.92 Å².